The van der Waals surface area contributed by atoms with E-state index in [-0.39, 0.29) is 23.3 Å². The van der Waals surface area contributed by atoms with E-state index in [4.69, 9.17) is 9.31 Å². The van der Waals surface area contributed by atoms with Gasteiger partial charge in [0.2, 0.25) is 0 Å². The Morgan fingerprint density at radius 2 is 1.51 bits per heavy atom. The number of hydrogen-bond donors (Lipinski definition) is 1. The second-order valence-electron chi connectivity index (χ2n) is 12.4. The van der Waals surface area contributed by atoms with Gasteiger partial charge in [0.1, 0.15) is 0 Å². The zero-order valence-electron chi connectivity index (χ0n) is 24.2. The van der Waals surface area contributed by atoms with Gasteiger partial charge < -0.3 is 9.31 Å². The van der Waals surface area contributed by atoms with Gasteiger partial charge in [0.05, 0.1) is 17.2 Å². The second kappa shape index (κ2) is 10.6. The maximum absolute atomic E-state index is 13.9. The van der Waals surface area contributed by atoms with E-state index in [1.54, 1.807) is 17.1 Å². The summed E-state index contributed by atoms with van der Waals surface area (Å²) >= 11 is 0. The molecule has 1 aliphatic rings. The largest absolute Gasteiger partial charge is 0.494 e. The number of amides is 2. The minimum Gasteiger partial charge on any atom is -0.399 e. The van der Waals surface area contributed by atoms with Crippen LogP contribution in [0, 0.1) is 19.3 Å². The van der Waals surface area contributed by atoms with Gasteiger partial charge in [-0.25, -0.2) is 5.01 Å². The zero-order valence-corrected chi connectivity index (χ0v) is 24.2. The van der Waals surface area contributed by atoms with Gasteiger partial charge >= 0.3 is 7.12 Å². The molecule has 2 aromatic rings. The summed E-state index contributed by atoms with van der Waals surface area (Å²) in [5.41, 5.74) is 5.55. The lowest BCUT2D eigenvalue weighted by atomic mass is 9.78. The first-order valence-electron chi connectivity index (χ1n) is 13.2. The molecule has 7 heteroatoms. The molecular weight excluding hydrogens is 463 g/mol. The van der Waals surface area contributed by atoms with Crippen LogP contribution in [0.1, 0.15) is 100 Å². The molecule has 0 bridgehead atoms. The molecule has 200 valence electrons. The van der Waals surface area contributed by atoms with Crippen molar-refractivity contribution >= 4 is 24.4 Å². The van der Waals surface area contributed by atoms with E-state index in [0.29, 0.717) is 11.1 Å². The number of nitrogens with zero attached hydrogens (tertiary/aromatic N) is 1. The average Bonchev–Trinajstić information content (AvgIpc) is 3.01. The molecule has 1 atom stereocenters. The van der Waals surface area contributed by atoms with Gasteiger partial charge in [0.15, 0.2) is 0 Å². The molecule has 1 aliphatic heterocycles. The van der Waals surface area contributed by atoms with Crippen LogP contribution in [0.25, 0.3) is 0 Å². The molecule has 1 N–H and O–H groups in total. The summed E-state index contributed by atoms with van der Waals surface area (Å²) in [6.07, 6.45) is 1.64. The quantitative estimate of drug-likeness (QED) is 0.409. The van der Waals surface area contributed by atoms with Gasteiger partial charge in [-0.3, -0.25) is 15.0 Å². The van der Waals surface area contributed by atoms with Crippen LogP contribution in [-0.2, 0) is 9.31 Å². The van der Waals surface area contributed by atoms with Crippen molar-refractivity contribution in [1.82, 2.24) is 10.4 Å². The Kier molecular flexibility index (Phi) is 8.30. The lowest BCUT2D eigenvalue weighted by Crippen LogP contribution is -2.56. The highest BCUT2D eigenvalue weighted by molar-refractivity contribution is 6.62. The summed E-state index contributed by atoms with van der Waals surface area (Å²) in [4.78, 5) is 27.5. The normalized spacial score (nSPS) is 17.4. The minimum absolute atomic E-state index is 0.193. The zero-order chi connectivity index (χ0) is 27.8. The number of benzene rings is 2. The van der Waals surface area contributed by atoms with Crippen LogP contribution in [0.5, 0.6) is 0 Å². The van der Waals surface area contributed by atoms with Crippen LogP contribution >= 0.6 is 0 Å². The van der Waals surface area contributed by atoms with E-state index in [1.165, 1.54) is 0 Å². The number of hydrogen-bond acceptors (Lipinski definition) is 4. The summed E-state index contributed by atoms with van der Waals surface area (Å²) < 4.78 is 12.4. The molecule has 6 nitrogen and oxygen atoms in total. The average molecular weight is 506 g/mol. The Morgan fingerprint density at radius 1 is 0.946 bits per heavy atom. The number of carbonyl (C=O) groups excluding carboxylic acids is 2. The van der Waals surface area contributed by atoms with Gasteiger partial charge in [-0.2, -0.15) is 0 Å². The van der Waals surface area contributed by atoms with Crippen molar-refractivity contribution in [3.8, 4) is 0 Å². The molecule has 37 heavy (non-hydrogen) atoms. The van der Waals surface area contributed by atoms with Crippen molar-refractivity contribution in [2.45, 2.75) is 99.3 Å². The van der Waals surface area contributed by atoms with Gasteiger partial charge in [0, 0.05) is 11.1 Å². The lowest BCUT2D eigenvalue weighted by Gasteiger charge is -2.40. The van der Waals surface area contributed by atoms with Crippen molar-refractivity contribution < 1.29 is 18.9 Å². The molecule has 1 unspecified atom stereocenters. The Labute approximate surface area is 223 Å². The predicted octanol–water partition coefficient (Wildman–Crippen LogP) is 5.60. The summed E-state index contributed by atoms with van der Waals surface area (Å²) in [6.45, 7) is 20.3. The third-order valence-corrected chi connectivity index (χ3v) is 7.46. The Hall–Kier alpha value is -2.64. The van der Waals surface area contributed by atoms with E-state index in [9.17, 15) is 9.59 Å². The maximum atomic E-state index is 13.9. The smallest absolute Gasteiger partial charge is 0.399 e. The number of aryl methyl sites for hydroxylation is 2. The molecule has 0 aromatic heterocycles. The van der Waals surface area contributed by atoms with Crippen molar-refractivity contribution in [2.75, 3.05) is 0 Å². The molecule has 0 spiro atoms. The van der Waals surface area contributed by atoms with Crippen molar-refractivity contribution in [1.29, 1.82) is 0 Å². The number of nitrogens with one attached hydrogen (secondary N) is 1. The van der Waals surface area contributed by atoms with Crippen molar-refractivity contribution in [3.05, 3.63) is 64.7 Å². The van der Waals surface area contributed by atoms with Gasteiger partial charge in [-0.15, -0.1) is 0 Å². The van der Waals surface area contributed by atoms with E-state index in [0.717, 1.165) is 29.4 Å². The molecular formula is C30H43BN2O4. The first-order valence-corrected chi connectivity index (χ1v) is 13.2. The highest BCUT2D eigenvalue weighted by Gasteiger charge is 2.51. The van der Waals surface area contributed by atoms with Crippen LogP contribution in [-0.4, -0.2) is 41.2 Å². The number of carbonyl (C=O) groups is 2. The second-order valence-corrected chi connectivity index (χ2v) is 12.4. The van der Waals surface area contributed by atoms with Crippen molar-refractivity contribution in [3.63, 3.8) is 0 Å². The van der Waals surface area contributed by atoms with Gasteiger partial charge in [-0.1, -0.05) is 63.4 Å². The van der Waals surface area contributed by atoms with E-state index < -0.39 is 18.3 Å². The fourth-order valence-electron chi connectivity index (χ4n) is 4.71. The summed E-state index contributed by atoms with van der Waals surface area (Å²) in [6, 6.07) is 12.8. The van der Waals surface area contributed by atoms with Crippen molar-refractivity contribution in [2.24, 2.45) is 5.41 Å². The number of rotatable bonds is 6. The van der Waals surface area contributed by atoms with E-state index in [2.05, 4.69) is 33.1 Å². The minimum atomic E-state index is -0.576. The van der Waals surface area contributed by atoms with Gasteiger partial charge in [-0.05, 0) is 83.1 Å². The molecule has 0 saturated carbocycles. The highest BCUT2D eigenvalue weighted by Crippen LogP contribution is 2.36. The monoisotopic (exact) mass is 506 g/mol. The molecule has 2 aromatic carbocycles. The van der Waals surface area contributed by atoms with E-state index >= 15 is 0 Å². The van der Waals surface area contributed by atoms with Crippen LogP contribution in [0.3, 0.4) is 0 Å². The first kappa shape index (κ1) is 28.9. The third kappa shape index (κ3) is 6.44. The van der Waals surface area contributed by atoms with Crippen LogP contribution in [0.15, 0.2) is 42.5 Å². The Morgan fingerprint density at radius 3 is 2.03 bits per heavy atom. The number of hydrazine groups is 1. The Bertz CT molecular complexity index is 1120. The maximum Gasteiger partial charge on any atom is 0.494 e. The SMILES string of the molecule is CCCC(N(NC(=O)c1cccc(B2OC(C)(C)C(C)(C)O2)c1)C(=O)c1cc(C)cc(C)c1)C(C)(C)C. The summed E-state index contributed by atoms with van der Waals surface area (Å²) in [7, 11) is -0.576. The molecule has 1 fully saturated rings. The summed E-state index contributed by atoms with van der Waals surface area (Å²) in [5, 5.41) is 1.54. The predicted molar refractivity (Wildman–Crippen MR) is 150 cm³/mol. The van der Waals surface area contributed by atoms with Gasteiger partial charge in [0.25, 0.3) is 11.8 Å². The molecule has 2 amide bonds. The molecule has 1 saturated heterocycles. The fourth-order valence-corrected chi connectivity index (χ4v) is 4.71. The molecule has 0 radical (unpaired) electrons. The summed E-state index contributed by atoms with van der Waals surface area (Å²) in [5.74, 6) is -0.558. The fraction of sp³-hybridized carbons (Fsp3) is 0.533. The topological polar surface area (TPSA) is 67.9 Å². The molecule has 1 heterocycles. The molecule has 0 aliphatic carbocycles. The Balaban J connectivity index is 1.94. The van der Waals surface area contributed by atoms with E-state index in [1.807, 2.05) is 71.9 Å². The molecule has 3 rings (SSSR count). The first-order chi connectivity index (χ1) is 17.1. The van der Waals surface area contributed by atoms with Crippen LogP contribution < -0.4 is 10.9 Å². The van der Waals surface area contributed by atoms with Crippen LogP contribution in [0.2, 0.25) is 0 Å². The lowest BCUT2D eigenvalue weighted by molar-refractivity contribution is 0.00578. The standard InChI is InChI=1S/C30H43BN2O4/c1-11-13-25(28(4,5)6)33(27(35)23-17-20(2)16-21(3)18-23)32-26(34)22-14-12-15-24(19-22)31-36-29(7,8)30(9,10)37-31/h12,14-19,25H,11,13H2,1-10H3,(H,32,34). The third-order valence-electron chi connectivity index (χ3n) is 7.46. The highest BCUT2D eigenvalue weighted by atomic mass is 16.7. The van der Waals surface area contributed by atoms with Crippen LogP contribution in [0.4, 0.5) is 0 Å².